The van der Waals surface area contributed by atoms with E-state index in [0.717, 1.165) is 0 Å². The van der Waals surface area contributed by atoms with Crippen LogP contribution in [-0.2, 0) is 6.54 Å². The van der Waals surface area contributed by atoms with Crippen molar-refractivity contribution in [2.45, 2.75) is 44.0 Å². The van der Waals surface area contributed by atoms with Crippen LogP contribution in [-0.4, -0.2) is 36.4 Å². The first-order chi connectivity index (χ1) is 9.87. The van der Waals surface area contributed by atoms with E-state index in [4.69, 9.17) is 0 Å². The van der Waals surface area contributed by atoms with Crippen LogP contribution >= 0.6 is 0 Å². The lowest BCUT2D eigenvalue weighted by Gasteiger charge is -2.37. The Balaban J connectivity index is 1.64. The van der Waals surface area contributed by atoms with Gasteiger partial charge < -0.3 is 9.67 Å². The quantitative estimate of drug-likeness (QED) is 0.924. The number of hydrogen-bond acceptors (Lipinski definition) is 4. The monoisotopic (exact) mass is 300 g/mol. The first-order valence-electron chi connectivity index (χ1n) is 6.79. The number of alkyl halides is 3. The van der Waals surface area contributed by atoms with Crippen molar-refractivity contribution < 1.29 is 18.3 Å². The zero-order chi connectivity index (χ0) is 15.1. The van der Waals surface area contributed by atoms with Gasteiger partial charge in [-0.2, -0.15) is 13.2 Å². The molecule has 0 radical (unpaired) electrons. The number of aliphatic hydroxyl groups is 1. The lowest BCUT2D eigenvalue weighted by molar-refractivity contribution is -0.272. The summed E-state index contributed by atoms with van der Waals surface area (Å²) in [6.45, 7) is 0.573. The van der Waals surface area contributed by atoms with E-state index in [2.05, 4.69) is 15.0 Å². The Morgan fingerprint density at radius 2 is 1.95 bits per heavy atom. The summed E-state index contributed by atoms with van der Waals surface area (Å²) in [5, 5.41) is 9.64. The summed E-state index contributed by atoms with van der Waals surface area (Å²) < 4.78 is 40.0. The smallest absolute Gasteiger partial charge is 0.380 e. The van der Waals surface area contributed by atoms with Crippen molar-refractivity contribution in [3.8, 4) is 11.5 Å². The van der Waals surface area contributed by atoms with Crippen molar-refractivity contribution in [3.05, 3.63) is 18.9 Å². The second-order valence-corrected chi connectivity index (χ2v) is 5.63. The van der Waals surface area contributed by atoms with Gasteiger partial charge in [-0.25, -0.2) is 15.0 Å². The van der Waals surface area contributed by atoms with Crippen molar-refractivity contribution >= 4 is 0 Å². The predicted molar refractivity (Wildman–Crippen MR) is 67.4 cm³/mol. The number of rotatable bonds is 2. The van der Waals surface area contributed by atoms with Crippen LogP contribution < -0.4 is 0 Å². The largest absolute Gasteiger partial charge is 0.417 e. The van der Waals surface area contributed by atoms with E-state index in [1.807, 2.05) is 4.57 Å². The highest BCUT2D eigenvalue weighted by atomic mass is 19.4. The molecule has 0 saturated heterocycles. The Labute approximate surface area is 119 Å². The fraction of sp³-hybridized carbons (Fsp3) is 0.615. The van der Waals surface area contributed by atoms with Crippen molar-refractivity contribution in [2.24, 2.45) is 5.92 Å². The van der Waals surface area contributed by atoms with E-state index in [1.165, 1.54) is 6.33 Å². The molecule has 2 aliphatic heterocycles. The summed E-state index contributed by atoms with van der Waals surface area (Å²) in [5.41, 5.74) is -1.85. The minimum Gasteiger partial charge on any atom is -0.380 e. The van der Waals surface area contributed by atoms with E-state index in [0.29, 0.717) is 30.9 Å². The van der Waals surface area contributed by atoms with E-state index < -0.39 is 11.8 Å². The number of fused-ring (bicyclic) bond motifs is 1. The number of aromatic nitrogens is 4. The molecule has 1 fully saturated rings. The molecule has 2 heterocycles. The third-order valence-corrected chi connectivity index (χ3v) is 4.15. The molecule has 0 aromatic carbocycles. The molecule has 21 heavy (non-hydrogen) atoms. The molecule has 3 rings (SSSR count). The van der Waals surface area contributed by atoms with Crippen LogP contribution in [0.4, 0.5) is 13.2 Å². The molecular formula is C13H15F3N4O. The SMILES string of the molecule is OC1(C(F)(F)F)CCC(Cn2cnc3ncnc-3c2)CC1. The van der Waals surface area contributed by atoms with Crippen molar-refractivity contribution in [2.75, 3.05) is 0 Å². The van der Waals surface area contributed by atoms with Crippen molar-refractivity contribution in [1.82, 2.24) is 19.5 Å². The van der Waals surface area contributed by atoms with Gasteiger partial charge in [-0.15, -0.1) is 0 Å². The number of imidazole rings is 1. The molecule has 3 aliphatic rings. The molecule has 0 unspecified atom stereocenters. The highest BCUT2D eigenvalue weighted by Gasteiger charge is 2.54. The molecule has 1 aliphatic carbocycles. The summed E-state index contributed by atoms with van der Waals surface area (Å²) >= 11 is 0. The Morgan fingerprint density at radius 3 is 2.62 bits per heavy atom. The summed E-state index contributed by atoms with van der Waals surface area (Å²) in [6, 6.07) is 0. The van der Waals surface area contributed by atoms with Crippen molar-refractivity contribution in [1.29, 1.82) is 0 Å². The second kappa shape index (κ2) is 4.94. The standard InChI is InChI=1S/C13H15F3N4O/c14-13(15,16)12(21)3-1-9(2-4-12)5-20-6-10-11(19-8-20)18-7-17-10/h6-9,21H,1-5H2. The average molecular weight is 300 g/mol. The third-order valence-electron chi connectivity index (χ3n) is 4.15. The Morgan fingerprint density at radius 1 is 1.24 bits per heavy atom. The minimum absolute atomic E-state index is 0.0970. The molecular weight excluding hydrogens is 285 g/mol. The van der Waals surface area contributed by atoms with Crippen LogP contribution in [0.15, 0.2) is 18.9 Å². The number of hydrogen-bond donors (Lipinski definition) is 1. The first-order valence-corrected chi connectivity index (χ1v) is 6.79. The molecule has 5 nitrogen and oxygen atoms in total. The summed E-state index contributed by atoms with van der Waals surface area (Å²) in [7, 11) is 0. The molecule has 0 aromatic heterocycles. The predicted octanol–water partition coefficient (Wildman–Crippen LogP) is 2.26. The lowest BCUT2D eigenvalue weighted by atomic mass is 9.78. The minimum atomic E-state index is -4.55. The Hall–Kier alpha value is -1.70. The van der Waals surface area contributed by atoms with Crippen molar-refractivity contribution in [3.63, 3.8) is 0 Å². The van der Waals surface area contributed by atoms with Gasteiger partial charge in [0.05, 0.1) is 6.33 Å². The fourth-order valence-corrected chi connectivity index (χ4v) is 2.80. The van der Waals surface area contributed by atoms with Crippen LogP contribution in [0.5, 0.6) is 0 Å². The van der Waals surface area contributed by atoms with Crippen LogP contribution in [0.25, 0.3) is 11.5 Å². The molecule has 0 amide bonds. The summed E-state index contributed by atoms with van der Waals surface area (Å²) in [4.78, 5) is 12.1. The molecule has 114 valence electrons. The molecule has 1 N–H and O–H groups in total. The van der Waals surface area contributed by atoms with Crippen LogP contribution in [0.3, 0.4) is 0 Å². The number of nitrogens with zero attached hydrogens (tertiary/aromatic N) is 4. The van der Waals surface area contributed by atoms with E-state index >= 15 is 0 Å². The zero-order valence-electron chi connectivity index (χ0n) is 11.2. The normalized spacial score (nSPS) is 27.1. The van der Waals surface area contributed by atoms with Gasteiger partial charge in [-0.1, -0.05) is 0 Å². The maximum Gasteiger partial charge on any atom is 0.417 e. The summed E-state index contributed by atoms with van der Waals surface area (Å²) in [5.74, 6) is 0.654. The average Bonchev–Trinajstić information content (AvgIpc) is 2.88. The highest BCUT2D eigenvalue weighted by molar-refractivity contribution is 5.47. The first kappa shape index (κ1) is 14.2. The van der Waals surface area contributed by atoms with Gasteiger partial charge in [0.1, 0.15) is 12.0 Å². The maximum absolute atomic E-state index is 12.7. The van der Waals surface area contributed by atoms with Crippen LogP contribution in [0.2, 0.25) is 0 Å². The topological polar surface area (TPSA) is 63.8 Å². The van der Waals surface area contributed by atoms with Gasteiger partial charge in [0.25, 0.3) is 0 Å². The molecule has 0 bridgehead atoms. The van der Waals surface area contributed by atoms with Gasteiger partial charge in [-0.3, -0.25) is 0 Å². The van der Waals surface area contributed by atoms with E-state index in [9.17, 15) is 18.3 Å². The maximum atomic E-state index is 12.7. The number of halogens is 3. The Bertz CT molecular complexity index is 589. The van der Waals surface area contributed by atoms with Gasteiger partial charge in [0.15, 0.2) is 11.4 Å². The van der Waals surface area contributed by atoms with Gasteiger partial charge in [-0.05, 0) is 31.6 Å². The highest BCUT2D eigenvalue weighted by Crippen LogP contribution is 2.43. The van der Waals surface area contributed by atoms with E-state index in [-0.39, 0.29) is 18.8 Å². The van der Waals surface area contributed by atoms with Gasteiger partial charge in [0, 0.05) is 12.7 Å². The van der Waals surface area contributed by atoms with Gasteiger partial charge in [0.2, 0.25) is 0 Å². The van der Waals surface area contributed by atoms with Crippen LogP contribution in [0.1, 0.15) is 25.7 Å². The lowest BCUT2D eigenvalue weighted by Crippen LogP contribution is -2.48. The molecule has 1 saturated carbocycles. The Kier molecular flexibility index (Phi) is 3.35. The van der Waals surface area contributed by atoms with E-state index in [1.54, 1.807) is 12.5 Å². The fourth-order valence-electron chi connectivity index (χ4n) is 2.80. The zero-order valence-corrected chi connectivity index (χ0v) is 11.2. The molecule has 8 heteroatoms. The third kappa shape index (κ3) is 2.72. The van der Waals surface area contributed by atoms with Gasteiger partial charge >= 0.3 is 6.18 Å². The summed E-state index contributed by atoms with van der Waals surface area (Å²) in [6.07, 6.45) is 0.479. The molecule has 0 aromatic rings. The second-order valence-electron chi connectivity index (χ2n) is 5.63. The molecule has 0 atom stereocenters. The molecule has 0 spiro atoms. The van der Waals surface area contributed by atoms with Crippen LogP contribution in [0, 0.1) is 5.92 Å².